The second-order valence-electron chi connectivity index (χ2n) is 3.70. The summed E-state index contributed by atoms with van der Waals surface area (Å²) in [6.45, 7) is 1.50. The average Bonchev–Trinajstić information content (AvgIpc) is 2.60. The van der Waals surface area contributed by atoms with Crippen molar-refractivity contribution in [2.45, 2.75) is 13.0 Å². The highest BCUT2D eigenvalue weighted by atomic mass is 32.1. The molecule has 0 fully saturated rings. The highest BCUT2D eigenvalue weighted by molar-refractivity contribution is 7.18. The monoisotopic (exact) mass is 257 g/mol. The Bertz CT molecular complexity index is 443. The summed E-state index contributed by atoms with van der Waals surface area (Å²) in [5.74, 6) is -0.901. The Morgan fingerprint density at radius 3 is 2.47 bits per heavy atom. The van der Waals surface area contributed by atoms with Crippen LogP contribution in [0.3, 0.4) is 0 Å². The van der Waals surface area contributed by atoms with Crippen LogP contribution < -0.4 is 21.7 Å². The number of nitrogens with two attached hydrogens (primary N) is 2. The first-order chi connectivity index (χ1) is 7.82. The van der Waals surface area contributed by atoms with E-state index in [1.807, 2.05) is 0 Å². The molecule has 94 valence electrons. The minimum Gasteiger partial charge on any atom is -0.382 e. The van der Waals surface area contributed by atoms with Crippen LogP contribution in [-0.2, 0) is 4.79 Å². The van der Waals surface area contributed by atoms with Gasteiger partial charge in [-0.2, -0.15) is 0 Å². The molecule has 0 spiro atoms. The van der Waals surface area contributed by atoms with Crippen LogP contribution in [0, 0.1) is 0 Å². The third kappa shape index (κ3) is 3.06. The lowest BCUT2D eigenvalue weighted by atomic mass is 10.3. The number of primary amides is 1. The zero-order valence-corrected chi connectivity index (χ0v) is 10.7. The van der Waals surface area contributed by atoms with Crippen molar-refractivity contribution < 1.29 is 9.59 Å². The van der Waals surface area contributed by atoms with E-state index in [1.165, 1.54) is 6.92 Å². The van der Waals surface area contributed by atoms with E-state index < -0.39 is 17.9 Å². The lowest BCUT2D eigenvalue weighted by Crippen LogP contribution is -2.42. The van der Waals surface area contributed by atoms with Crippen LogP contribution in [0.15, 0.2) is 0 Å². The smallest absolute Gasteiger partial charge is 0.265 e. The highest BCUT2D eigenvalue weighted by Gasteiger charge is 2.20. The van der Waals surface area contributed by atoms with Gasteiger partial charge in [-0.25, -0.2) is 4.98 Å². The minimum atomic E-state index is -0.744. The van der Waals surface area contributed by atoms with Gasteiger partial charge in [0, 0.05) is 14.1 Å². The molecule has 1 heterocycles. The molecule has 0 aliphatic heterocycles. The van der Waals surface area contributed by atoms with Crippen molar-refractivity contribution in [1.82, 2.24) is 10.3 Å². The summed E-state index contributed by atoms with van der Waals surface area (Å²) < 4.78 is 0. The van der Waals surface area contributed by atoms with Crippen LogP contribution in [0.25, 0.3) is 0 Å². The molecular formula is C9H15N5O2S. The Hall–Kier alpha value is -1.83. The van der Waals surface area contributed by atoms with Crippen LogP contribution in [0.4, 0.5) is 10.9 Å². The highest BCUT2D eigenvalue weighted by Crippen LogP contribution is 2.26. The molecule has 0 saturated carbocycles. The molecule has 7 nitrogen and oxygen atoms in total. The molecule has 0 bridgehead atoms. The molecule has 1 unspecified atom stereocenters. The topological polar surface area (TPSA) is 114 Å². The molecule has 0 aromatic carbocycles. The predicted octanol–water partition coefficient (Wildman–Crippen LogP) is -0.605. The van der Waals surface area contributed by atoms with Gasteiger partial charge in [0.1, 0.15) is 16.7 Å². The first kappa shape index (κ1) is 13.2. The van der Waals surface area contributed by atoms with Gasteiger partial charge in [-0.15, -0.1) is 0 Å². The van der Waals surface area contributed by atoms with E-state index in [9.17, 15) is 9.59 Å². The van der Waals surface area contributed by atoms with Crippen LogP contribution in [0.2, 0.25) is 0 Å². The van der Waals surface area contributed by atoms with E-state index >= 15 is 0 Å². The maximum atomic E-state index is 11.8. The summed E-state index contributed by atoms with van der Waals surface area (Å²) in [6, 6.07) is -0.744. The Balaban J connectivity index is 2.86. The van der Waals surface area contributed by atoms with Gasteiger partial charge < -0.3 is 21.7 Å². The minimum absolute atomic E-state index is 0.146. The Labute approximate surface area is 103 Å². The Morgan fingerprint density at radius 1 is 1.47 bits per heavy atom. The van der Waals surface area contributed by atoms with E-state index in [-0.39, 0.29) is 10.7 Å². The Kier molecular flexibility index (Phi) is 3.89. The first-order valence-corrected chi connectivity index (χ1v) is 5.68. The van der Waals surface area contributed by atoms with Crippen molar-refractivity contribution in [3.63, 3.8) is 0 Å². The normalized spacial score (nSPS) is 11.9. The maximum absolute atomic E-state index is 11.8. The average molecular weight is 257 g/mol. The standard InChI is InChI=1S/C9H15N5O2S/c1-4(7(11)15)12-8(16)5-6(10)13-9(17-5)14(2)3/h4H,10H2,1-3H3,(H2,11,15)(H,12,16). The molecule has 8 heteroatoms. The molecule has 1 aromatic heterocycles. The van der Waals surface area contributed by atoms with E-state index in [0.29, 0.717) is 5.13 Å². The number of rotatable bonds is 4. The third-order valence-electron chi connectivity index (χ3n) is 2.01. The van der Waals surface area contributed by atoms with Crippen molar-refractivity contribution >= 4 is 34.1 Å². The second kappa shape index (κ2) is 5.00. The van der Waals surface area contributed by atoms with Crippen LogP contribution in [-0.4, -0.2) is 36.9 Å². The van der Waals surface area contributed by atoms with Crippen LogP contribution in [0.5, 0.6) is 0 Å². The largest absolute Gasteiger partial charge is 0.382 e. The van der Waals surface area contributed by atoms with Crippen LogP contribution in [0.1, 0.15) is 16.6 Å². The van der Waals surface area contributed by atoms with Crippen molar-refractivity contribution in [3.05, 3.63) is 4.88 Å². The number of thiazole rings is 1. The molecule has 0 aliphatic carbocycles. The number of anilines is 2. The molecule has 0 aliphatic rings. The summed E-state index contributed by atoms with van der Waals surface area (Å²) in [5.41, 5.74) is 10.7. The van der Waals surface area contributed by atoms with Gasteiger partial charge in [-0.1, -0.05) is 11.3 Å². The number of amides is 2. The number of nitrogens with one attached hydrogen (secondary N) is 1. The SMILES string of the molecule is CC(NC(=O)c1sc(N(C)C)nc1N)C(N)=O. The van der Waals surface area contributed by atoms with Gasteiger partial charge in [0.05, 0.1) is 0 Å². The molecule has 0 radical (unpaired) electrons. The summed E-state index contributed by atoms with van der Waals surface area (Å²) in [6.07, 6.45) is 0. The van der Waals surface area contributed by atoms with Crippen LogP contribution >= 0.6 is 11.3 Å². The number of carbonyl (C=O) groups excluding carboxylic acids is 2. The van der Waals surface area contributed by atoms with Crippen molar-refractivity contribution in [3.8, 4) is 0 Å². The number of carbonyl (C=O) groups is 2. The van der Waals surface area contributed by atoms with Crippen molar-refractivity contribution in [2.75, 3.05) is 24.7 Å². The molecular weight excluding hydrogens is 242 g/mol. The van der Waals surface area contributed by atoms with E-state index in [4.69, 9.17) is 11.5 Å². The molecule has 5 N–H and O–H groups in total. The second-order valence-corrected chi connectivity index (χ2v) is 4.68. The van der Waals surface area contributed by atoms with Gasteiger partial charge >= 0.3 is 0 Å². The van der Waals surface area contributed by atoms with Gasteiger partial charge in [0.15, 0.2) is 5.13 Å². The van der Waals surface area contributed by atoms with E-state index in [2.05, 4.69) is 10.3 Å². The van der Waals surface area contributed by atoms with Crippen molar-refractivity contribution in [1.29, 1.82) is 0 Å². The lowest BCUT2D eigenvalue weighted by molar-refractivity contribution is -0.119. The van der Waals surface area contributed by atoms with Gasteiger partial charge in [-0.3, -0.25) is 9.59 Å². The summed E-state index contributed by atoms with van der Waals surface area (Å²) >= 11 is 1.16. The van der Waals surface area contributed by atoms with E-state index in [1.54, 1.807) is 19.0 Å². The maximum Gasteiger partial charge on any atom is 0.265 e. The van der Waals surface area contributed by atoms with Gasteiger partial charge in [0.25, 0.3) is 5.91 Å². The molecule has 1 rings (SSSR count). The van der Waals surface area contributed by atoms with Crippen molar-refractivity contribution in [2.24, 2.45) is 5.73 Å². The predicted molar refractivity (Wildman–Crippen MR) is 67.0 cm³/mol. The molecule has 1 aromatic rings. The number of nitrogen functional groups attached to an aromatic ring is 1. The zero-order valence-electron chi connectivity index (χ0n) is 9.85. The fourth-order valence-electron chi connectivity index (χ4n) is 1.01. The number of nitrogens with zero attached hydrogens (tertiary/aromatic N) is 2. The summed E-state index contributed by atoms with van der Waals surface area (Å²) in [7, 11) is 3.60. The van der Waals surface area contributed by atoms with Gasteiger partial charge in [0.2, 0.25) is 5.91 Å². The third-order valence-corrected chi connectivity index (χ3v) is 3.24. The molecule has 17 heavy (non-hydrogen) atoms. The summed E-state index contributed by atoms with van der Waals surface area (Å²) in [5, 5.41) is 3.07. The summed E-state index contributed by atoms with van der Waals surface area (Å²) in [4.78, 5) is 28.6. The molecule has 2 amide bonds. The fourth-order valence-corrected chi connectivity index (χ4v) is 1.82. The number of aromatic nitrogens is 1. The lowest BCUT2D eigenvalue weighted by Gasteiger charge is -2.08. The van der Waals surface area contributed by atoms with Gasteiger partial charge in [-0.05, 0) is 6.92 Å². The number of hydrogen-bond acceptors (Lipinski definition) is 6. The molecule has 0 saturated heterocycles. The first-order valence-electron chi connectivity index (χ1n) is 4.86. The zero-order chi connectivity index (χ0) is 13.2. The molecule has 1 atom stereocenters. The fraction of sp³-hybridized carbons (Fsp3) is 0.444. The Morgan fingerprint density at radius 2 is 2.06 bits per heavy atom. The number of hydrogen-bond donors (Lipinski definition) is 3. The quantitative estimate of drug-likeness (QED) is 0.666. The van der Waals surface area contributed by atoms with E-state index in [0.717, 1.165) is 11.3 Å².